The van der Waals surface area contributed by atoms with Gasteiger partial charge in [0, 0.05) is 45.3 Å². The number of amides is 2. The number of pyridine rings is 1. The molecule has 2 heterocycles. The molecule has 0 saturated carbocycles. The fraction of sp³-hybridized carbons (Fsp3) is 0.500. The van der Waals surface area contributed by atoms with Crippen molar-refractivity contribution in [1.82, 2.24) is 15.2 Å². The van der Waals surface area contributed by atoms with Crippen molar-refractivity contribution < 1.29 is 14.7 Å². The number of carbonyl (C=O) groups is 2. The summed E-state index contributed by atoms with van der Waals surface area (Å²) in [5, 5.41) is 11.3. The Labute approximate surface area is 123 Å². The van der Waals surface area contributed by atoms with Gasteiger partial charge in [0.15, 0.2) is 0 Å². The molecule has 7 nitrogen and oxygen atoms in total. The van der Waals surface area contributed by atoms with Gasteiger partial charge in [-0.1, -0.05) is 6.07 Å². The van der Waals surface area contributed by atoms with E-state index in [2.05, 4.69) is 15.2 Å². The molecule has 0 bridgehead atoms. The largest absolute Gasteiger partial charge is 0.481 e. The van der Waals surface area contributed by atoms with Crippen LogP contribution in [0, 0.1) is 0 Å². The number of carboxylic acid groups (broad SMARTS) is 1. The molecule has 1 saturated heterocycles. The lowest BCUT2D eigenvalue weighted by molar-refractivity contribution is -0.137. The second-order valence-electron chi connectivity index (χ2n) is 4.89. The Morgan fingerprint density at radius 1 is 1.24 bits per heavy atom. The Balaban J connectivity index is 1.71. The topological polar surface area (TPSA) is 85.8 Å². The van der Waals surface area contributed by atoms with Gasteiger partial charge in [-0.3, -0.25) is 4.79 Å². The normalized spacial score (nSPS) is 14.9. The molecule has 114 valence electrons. The SMILES string of the molecule is O=C(O)CCCNC(=O)N1CCN(c2ccccn2)CC1. The number of urea groups is 1. The molecule has 1 aromatic rings. The molecule has 1 aliphatic rings. The highest BCUT2D eigenvalue weighted by molar-refractivity contribution is 5.74. The molecule has 1 aromatic heterocycles. The van der Waals surface area contributed by atoms with E-state index in [1.807, 2.05) is 18.2 Å². The van der Waals surface area contributed by atoms with Crippen molar-refractivity contribution >= 4 is 17.8 Å². The minimum Gasteiger partial charge on any atom is -0.481 e. The first-order valence-corrected chi connectivity index (χ1v) is 7.07. The zero-order chi connectivity index (χ0) is 15.1. The van der Waals surface area contributed by atoms with E-state index in [0.29, 0.717) is 26.1 Å². The van der Waals surface area contributed by atoms with Crippen LogP contribution in [0.4, 0.5) is 10.6 Å². The van der Waals surface area contributed by atoms with E-state index in [1.165, 1.54) is 0 Å². The third-order valence-corrected chi connectivity index (χ3v) is 3.38. The molecule has 2 N–H and O–H groups in total. The van der Waals surface area contributed by atoms with Gasteiger partial charge in [0.25, 0.3) is 0 Å². The lowest BCUT2D eigenvalue weighted by Crippen LogP contribution is -2.52. The van der Waals surface area contributed by atoms with Crippen molar-refractivity contribution in [3.05, 3.63) is 24.4 Å². The van der Waals surface area contributed by atoms with Gasteiger partial charge in [-0.2, -0.15) is 0 Å². The average molecular weight is 292 g/mol. The molecule has 1 aliphatic heterocycles. The number of anilines is 1. The Morgan fingerprint density at radius 3 is 2.62 bits per heavy atom. The van der Waals surface area contributed by atoms with Crippen molar-refractivity contribution in [2.24, 2.45) is 0 Å². The van der Waals surface area contributed by atoms with Crippen LogP contribution in [-0.2, 0) is 4.79 Å². The third-order valence-electron chi connectivity index (χ3n) is 3.38. The Bertz CT molecular complexity index is 472. The van der Waals surface area contributed by atoms with Crippen LogP contribution in [0.1, 0.15) is 12.8 Å². The predicted octanol–water partition coefficient (Wildman–Crippen LogP) is 0.778. The monoisotopic (exact) mass is 292 g/mol. The summed E-state index contributed by atoms with van der Waals surface area (Å²) in [4.78, 5) is 30.5. The summed E-state index contributed by atoms with van der Waals surface area (Å²) in [7, 11) is 0. The minimum absolute atomic E-state index is 0.0771. The Morgan fingerprint density at radius 2 is 2.00 bits per heavy atom. The minimum atomic E-state index is -0.840. The highest BCUT2D eigenvalue weighted by Crippen LogP contribution is 2.12. The van der Waals surface area contributed by atoms with Gasteiger partial charge in [-0.25, -0.2) is 9.78 Å². The van der Waals surface area contributed by atoms with Gasteiger partial charge >= 0.3 is 12.0 Å². The van der Waals surface area contributed by atoms with Crippen molar-refractivity contribution in [2.75, 3.05) is 37.6 Å². The number of nitrogens with one attached hydrogen (secondary N) is 1. The summed E-state index contributed by atoms with van der Waals surface area (Å²) in [6, 6.07) is 5.66. The molecule has 0 radical (unpaired) electrons. The van der Waals surface area contributed by atoms with Gasteiger partial charge in [-0.05, 0) is 18.6 Å². The zero-order valence-corrected chi connectivity index (χ0v) is 11.9. The smallest absolute Gasteiger partial charge is 0.317 e. The molecule has 2 amide bonds. The number of carboxylic acids is 1. The summed E-state index contributed by atoms with van der Waals surface area (Å²) >= 11 is 0. The first-order chi connectivity index (χ1) is 10.2. The molecule has 0 spiro atoms. The first-order valence-electron chi connectivity index (χ1n) is 7.07. The molecule has 0 atom stereocenters. The molecule has 21 heavy (non-hydrogen) atoms. The Kier molecular flexibility index (Phi) is 5.36. The van der Waals surface area contributed by atoms with E-state index >= 15 is 0 Å². The van der Waals surface area contributed by atoms with Crippen LogP contribution in [0.25, 0.3) is 0 Å². The standard InChI is InChI=1S/C14H20N4O3/c19-13(20)5-3-7-16-14(21)18-10-8-17(9-11-18)12-4-1-2-6-15-12/h1-2,4,6H,3,5,7-11H2,(H,16,21)(H,19,20). The van der Waals surface area contributed by atoms with Crippen LogP contribution in [0.15, 0.2) is 24.4 Å². The van der Waals surface area contributed by atoms with Crippen LogP contribution >= 0.6 is 0 Å². The average Bonchev–Trinajstić information content (AvgIpc) is 2.52. The lowest BCUT2D eigenvalue weighted by Gasteiger charge is -2.35. The fourth-order valence-electron chi connectivity index (χ4n) is 2.23. The number of rotatable bonds is 5. The fourth-order valence-corrected chi connectivity index (χ4v) is 2.23. The van der Waals surface area contributed by atoms with Gasteiger partial charge in [0.1, 0.15) is 5.82 Å². The Hall–Kier alpha value is -2.31. The van der Waals surface area contributed by atoms with Crippen LogP contribution in [0.5, 0.6) is 0 Å². The quantitative estimate of drug-likeness (QED) is 0.783. The summed E-state index contributed by atoms with van der Waals surface area (Å²) in [6.07, 6.45) is 2.29. The summed E-state index contributed by atoms with van der Waals surface area (Å²) in [5.74, 6) is 0.0900. The predicted molar refractivity (Wildman–Crippen MR) is 78.3 cm³/mol. The van der Waals surface area contributed by atoms with Crippen LogP contribution in [0.3, 0.4) is 0 Å². The summed E-state index contributed by atoms with van der Waals surface area (Å²) < 4.78 is 0. The van der Waals surface area contributed by atoms with Crippen LogP contribution in [-0.4, -0.2) is 59.7 Å². The van der Waals surface area contributed by atoms with Crippen LogP contribution in [0.2, 0.25) is 0 Å². The number of aliphatic carboxylic acids is 1. The van der Waals surface area contributed by atoms with Gasteiger partial charge in [-0.15, -0.1) is 0 Å². The molecule has 0 aromatic carbocycles. The first kappa shape index (κ1) is 15.1. The lowest BCUT2D eigenvalue weighted by atomic mass is 10.3. The van der Waals surface area contributed by atoms with E-state index in [-0.39, 0.29) is 12.5 Å². The van der Waals surface area contributed by atoms with Gasteiger partial charge < -0.3 is 20.2 Å². The maximum atomic E-state index is 11.9. The van der Waals surface area contributed by atoms with Crippen molar-refractivity contribution in [2.45, 2.75) is 12.8 Å². The van der Waals surface area contributed by atoms with Crippen molar-refractivity contribution in [1.29, 1.82) is 0 Å². The third kappa shape index (κ3) is 4.62. The molecule has 0 aliphatic carbocycles. The van der Waals surface area contributed by atoms with E-state index < -0.39 is 5.97 Å². The molecular weight excluding hydrogens is 272 g/mol. The molecule has 2 rings (SSSR count). The molecule has 7 heteroatoms. The molecule has 1 fully saturated rings. The molecule has 0 unspecified atom stereocenters. The second-order valence-corrected chi connectivity index (χ2v) is 4.89. The highest BCUT2D eigenvalue weighted by Gasteiger charge is 2.21. The van der Waals surface area contributed by atoms with Crippen molar-refractivity contribution in [3.63, 3.8) is 0 Å². The molecular formula is C14H20N4O3. The number of hydrogen-bond acceptors (Lipinski definition) is 4. The van der Waals surface area contributed by atoms with Crippen molar-refractivity contribution in [3.8, 4) is 0 Å². The van der Waals surface area contributed by atoms with E-state index in [4.69, 9.17) is 5.11 Å². The maximum absolute atomic E-state index is 11.9. The second kappa shape index (κ2) is 7.47. The summed E-state index contributed by atoms with van der Waals surface area (Å²) in [5.41, 5.74) is 0. The van der Waals surface area contributed by atoms with Gasteiger partial charge in [0.2, 0.25) is 0 Å². The zero-order valence-electron chi connectivity index (χ0n) is 11.9. The summed E-state index contributed by atoms with van der Waals surface area (Å²) in [6.45, 7) is 3.17. The number of aromatic nitrogens is 1. The highest BCUT2D eigenvalue weighted by atomic mass is 16.4. The van der Waals surface area contributed by atoms with Gasteiger partial charge in [0.05, 0.1) is 0 Å². The number of piperazine rings is 1. The number of carbonyl (C=O) groups excluding carboxylic acids is 1. The number of hydrogen-bond donors (Lipinski definition) is 2. The number of nitrogens with zero attached hydrogens (tertiary/aromatic N) is 3. The van der Waals surface area contributed by atoms with E-state index in [9.17, 15) is 9.59 Å². The van der Waals surface area contributed by atoms with E-state index in [1.54, 1.807) is 11.1 Å². The maximum Gasteiger partial charge on any atom is 0.317 e. The van der Waals surface area contributed by atoms with Crippen LogP contribution < -0.4 is 10.2 Å². The van der Waals surface area contributed by atoms with E-state index in [0.717, 1.165) is 18.9 Å².